The average molecular weight is 308 g/mol. The fourth-order valence-corrected chi connectivity index (χ4v) is 2.56. The van der Waals surface area contributed by atoms with Crippen molar-refractivity contribution in [2.75, 3.05) is 6.61 Å². The first-order valence-corrected chi connectivity index (χ1v) is 7.26. The Morgan fingerprint density at radius 2 is 1.50 bits per heavy atom. The van der Waals surface area contributed by atoms with Crippen LogP contribution in [0.1, 0.15) is 30.0 Å². The number of hydrogen-bond donors (Lipinski definition) is 0. The van der Waals surface area contributed by atoms with E-state index in [1.807, 2.05) is 32.9 Å². The van der Waals surface area contributed by atoms with E-state index in [0.717, 1.165) is 28.9 Å². The molecule has 0 saturated heterocycles. The van der Waals surface area contributed by atoms with E-state index in [9.17, 15) is 13.2 Å². The van der Waals surface area contributed by atoms with Crippen LogP contribution in [-0.2, 0) is 6.67 Å². The zero-order chi connectivity index (χ0) is 16.3. The molecule has 0 bridgehead atoms. The number of hydrogen-bond acceptors (Lipinski definition) is 1. The highest BCUT2D eigenvalue weighted by atomic mass is 19.1. The van der Waals surface area contributed by atoms with Crippen LogP contribution in [0.2, 0.25) is 0 Å². The van der Waals surface area contributed by atoms with Gasteiger partial charge in [0.25, 0.3) is 0 Å². The van der Waals surface area contributed by atoms with Gasteiger partial charge in [-0.25, -0.2) is 13.2 Å². The van der Waals surface area contributed by atoms with E-state index in [1.165, 1.54) is 12.1 Å². The van der Waals surface area contributed by atoms with E-state index in [1.54, 1.807) is 0 Å². The number of halogens is 3. The van der Waals surface area contributed by atoms with Crippen LogP contribution in [0, 0.1) is 25.5 Å². The van der Waals surface area contributed by atoms with Gasteiger partial charge in [-0.15, -0.1) is 0 Å². The molecule has 2 aromatic carbocycles. The third-order valence-corrected chi connectivity index (χ3v) is 3.54. The van der Waals surface area contributed by atoms with Gasteiger partial charge in [0.05, 0.1) is 12.2 Å². The summed E-state index contributed by atoms with van der Waals surface area (Å²) >= 11 is 0. The van der Waals surface area contributed by atoms with E-state index >= 15 is 0 Å². The van der Waals surface area contributed by atoms with Crippen LogP contribution in [0.25, 0.3) is 11.1 Å². The minimum absolute atomic E-state index is 0.407. The maximum Gasteiger partial charge on any atom is 0.132 e. The SMILES string of the molecule is CCCOc1cc(C)c(-c2cc(F)c(CF)c(F)c2)c(C)c1. The van der Waals surface area contributed by atoms with Crippen LogP contribution >= 0.6 is 0 Å². The standard InChI is InChI=1S/C18H19F3O/c1-4-5-22-14-6-11(2)18(12(3)7-14)13-8-16(20)15(10-19)17(21)9-13/h6-9H,4-5,10H2,1-3H3. The first-order valence-electron chi connectivity index (χ1n) is 7.26. The predicted octanol–water partition coefficient (Wildman–Crippen LogP) is 5.51. The molecule has 0 saturated carbocycles. The lowest BCUT2D eigenvalue weighted by Gasteiger charge is -2.14. The molecule has 0 heterocycles. The monoisotopic (exact) mass is 308 g/mol. The summed E-state index contributed by atoms with van der Waals surface area (Å²) in [6, 6.07) is 6.05. The highest BCUT2D eigenvalue weighted by Crippen LogP contribution is 2.33. The normalized spacial score (nSPS) is 10.8. The molecule has 0 aromatic heterocycles. The van der Waals surface area contributed by atoms with E-state index in [-0.39, 0.29) is 0 Å². The van der Waals surface area contributed by atoms with E-state index in [2.05, 4.69) is 0 Å². The van der Waals surface area contributed by atoms with Gasteiger partial charge in [0, 0.05) is 0 Å². The second-order valence-corrected chi connectivity index (χ2v) is 5.33. The summed E-state index contributed by atoms with van der Waals surface area (Å²) < 4.78 is 45.8. The molecule has 1 nitrogen and oxygen atoms in total. The third-order valence-electron chi connectivity index (χ3n) is 3.54. The predicted molar refractivity (Wildman–Crippen MR) is 81.9 cm³/mol. The second-order valence-electron chi connectivity index (χ2n) is 5.33. The molecule has 0 fully saturated rings. The Kier molecular flexibility index (Phi) is 5.11. The summed E-state index contributed by atoms with van der Waals surface area (Å²) in [6.45, 7) is 5.21. The molecule has 4 heteroatoms. The molecule has 0 aliphatic carbocycles. The lowest BCUT2D eigenvalue weighted by molar-refractivity contribution is 0.317. The molecule has 0 radical (unpaired) electrons. The van der Waals surface area contributed by atoms with E-state index in [0.29, 0.717) is 12.2 Å². The van der Waals surface area contributed by atoms with Gasteiger partial charge in [-0.3, -0.25) is 0 Å². The molecule has 118 valence electrons. The fraction of sp³-hybridized carbons (Fsp3) is 0.333. The van der Waals surface area contributed by atoms with Gasteiger partial charge < -0.3 is 4.74 Å². The van der Waals surface area contributed by atoms with Crippen molar-refractivity contribution in [3.05, 3.63) is 52.6 Å². The van der Waals surface area contributed by atoms with E-state index < -0.39 is 23.9 Å². The summed E-state index contributed by atoms with van der Waals surface area (Å²) in [6.07, 6.45) is 0.904. The Balaban J connectivity index is 2.49. The first kappa shape index (κ1) is 16.4. The van der Waals surface area contributed by atoms with Crippen LogP contribution in [0.3, 0.4) is 0 Å². The fourth-order valence-electron chi connectivity index (χ4n) is 2.56. The largest absolute Gasteiger partial charge is 0.494 e. The smallest absolute Gasteiger partial charge is 0.132 e. The third kappa shape index (κ3) is 3.26. The molecule has 2 aromatic rings. The van der Waals surface area contributed by atoms with Gasteiger partial charge >= 0.3 is 0 Å². The number of benzene rings is 2. The van der Waals surface area contributed by atoms with Crippen molar-refractivity contribution in [1.29, 1.82) is 0 Å². The zero-order valence-corrected chi connectivity index (χ0v) is 13.0. The quantitative estimate of drug-likeness (QED) is 0.708. The summed E-state index contributed by atoms with van der Waals surface area (Å²) in [5.74, 6) is -0.979. The van der Waals surface area contributed by atoms with Gasteiger partial charge in [-0.2, -0.15) is 0 Å². The summed E-state index contributed by atoms with van der Waals surface area (Å²) in [4.78, 5) is 0. The van der Waals surface area contributed by atoms with Crippen LogP contribution in [0.15, 0.2) is 24.3 Å². The van der Waals surface area contributed by atoms with Gasteiger partial charge in [0.15, 0.2) is 0 Å². The Morgan fingerprint density at radius 3 is 1.95 bits per heavy atom. The van der Waals surface area contributed by atoms with Crippen molar-refractivity contribution >= 4 is 0 Å². The van der Waals surface area contributed by atoms with Gasteiger partial charge in [0.1, 0.15) is 24.1 Å². The molecule has 2 rings (SSSR count). The summed E-state index contributed by atoms with van der Waals surface area (Å²) in [7, 11) is 0. The zero-order valence-electron chi connectivity index (χ0n) is 13.0. The van der Waals surface area contributed by atoms with Gasteiger partial charge in [-0.05, 0) is 66.8 Å². The molecule has 0 spiro atoms. The maximum absolute atomic E-state index is 13.8. The highest BCUT2D eigenvalue weighted by Gasteiger charge is 2.15. The molecular formula is C18H19F3O. The minimum Gasteiger partial charge on any atom is -0.494 e. The van der Waals surface area contributed by atoms with Crippen molar-refractivity contribution in [3.8, 4) is 16.9 Å². The van der Waals surface area contributed by atoms with Crippen molar-refractivity contribution in [2.45, 2.75) is 33.9 Å². The Bertz CT molecular complexity index is 634. The van der Waals surface area contributed by atoms with Crippen molar-refractivity contribution in [2.24, 2.45) is 0 Å². The lowest BCUT2D eigenvalue weighted by atomic mass is 9.94. The molecule has 0 amide bonds. The van der Waals surface area contributed by atoms with E-state index in [4.69, 9.17) is 4.74 Å². The number of rotatable bonds is 5. The topological polar surface area (TPSA) is 9.23 Å². The second kappa shape index (κ2) is 6.86. The van der Waals surface area contributed by atoms with Crippen LogP contribution in [0.4, 0.5) is 13.2 Å². The first-order chi connectivity index (χ1) is 10.5. The minimum atomic E-state index is -1.15. The van der Waals surface area contributed by atoms with Crippen molar-refractivity contribution in [1.82, 2.24) is 0 Å². The van der Waals surface area contributed by atoms with Gasteiger partial charge in [-0.1, -0.05) is 6.92 Å². The lowest BCUT2D eigenvalue weighted by Crippen LogP contribution is -1.99. The molecule has 0 unspecified atom stereocenters. The molecule has 0 atom stereocenters. The number of alkyl halides is 1. The maximum atomic E-state index is 13.8. The summed E-state index contributed by atoms with van der Waals surface area (Å²) in [5, 5.41) is 0. The Hall–Kier alpha value is -1.97. The van der Waals surface area contributed by atoms with Crippen LogP contribution in [-0.4, -0.2) is 6.61 Å². The van der Waals surface area contributed by atoms with Crippen molar-refractivity contribution < 1.29 is 17.9 Å². The highest BCUT2D eigenvalue weighted by molar-refractivity contribution is 5.72. The number of ether oxygens (including phenoxy) is 1. The molecule has 22 heavy (non-hydrogen) atoms. The molecule has 0 aliphatic heterocycles. The molecule has 0 aliphatic rings. The molecule has 0 N–H and O–H groups in total. The Morgan fingerprint density at radius 1 is 0.955 bits per heavy atom. The van der Waals surface area contributed by atoms with Crippen LogP contribution in [0.5, 0.6) is 5.75 Å². The molecular weight excluding hydrogens is 289 g/mol. The summed E-state index contributed by atoms with van der Waals surface area (Å²) in [5.41, 5.74) is 2.34. The Labute approximate surface area is 128 Å². The van der Waals surface area contributed by atoms with Crippen molar-refractivity contribution in [3.63, 3.8) is 0 Å². The van der Waals surface area contributed by atoms with Gasteiger partial charge in [0.2, 0.25) is 0 Å². The van der Waals surface area contributed by atoms with Crippen LogP contribution < -0.4 is 4.74 Å². The number of aryl methyl sites for hydroxylation is 2. The average Bonchev–Trinajstić information content (AvgIpc) is 2.44.